The van der Waals surface area contributed by atoms with E-state index in [1.807, 2.05) is 6.92 Å². The van der Waals surface area contributed by atoms with Gasteiger partial charge < -0.3 is 4.90 Å². The van der Waals surface area contributed by atoms with Crippen LogP contribution >= 0.6 is 23.2 Å². The van der Waals surface area contributed by atoms with Crippen molar-refractivity contribution in [2.75, 3.05) is 18.0 Å². The second kappa shape index (κ2) is 6.48. The average molecular weight is 301 g/mol. The lowest BCUT2D eigenvalue weighted by Gasteiger charge is -2.24. The Kier molecular flexibility index (Phi) is 5.53. The highest BCUT2D eigenvalue weighted by Gasteiger charge is 2.31. The third kappa shape index (κ3) is 4.53. The Morgan fingerprint density at radius 2 is 2.00 bits per heavy atom. The van der Waals surface area contributed by atoms with Gasteiger partial charge in [0.25, 0.3) is 0 Å². The van der Waals surface area contributed by atoms with Gasteiger partial charge >= 0.3 is 6.18 Å². The van der Waals surface area contributed by atoms with Crippen molar-refractivity contribution in [3.8, 4) is 0 Å². The van der Waals surface area contributed by atoms with Crippen LogP contribution in [0.4, 0.5) is 19.0 Å². The smallest absolute Gasteiger partial charge is 0.348 e. The van der Waals surface area contributed by atoms with Crippen LogP contribution in [0.25, 0.3) is 0 Å². The SMILES string of the molecule is CCCN(CC(F)(F)F)c1ccc(Cl)c(CCl)n1. The van der Waals surface area contributed by atoms with Crippen LogP contribution in [0.1, 0.15) is 19.0 Å². The molecule has 0 radical (unpaired) electrons. The maximum atomic E-state index is 12.5. The molecular formula is C11H13Cl2F3N2. The van der Waals surface area contributed by atoms with Gasteiger partial charge in [0.2, 0.25) is 0 Å². The first-order valence-electron chi connectivity index (χ1n) is 5.40. The summed E-state index contributed by atoms with van der Waals surface area (Å²) in [6.45, 7) is 1.05. The molecule has 0 aromatic carbocycles. The largest absolute Gasteiger partial charge is 0.405 e. The maximum absolute atomic E-state index is 12.5. The fraction of sp³-hybridized carbons (Fsp3) is 0.545. The van der Waals surface area contributed by atoms with Crippen LogP contribution in [0, 0.1) is 0 Å². The zero-order valence-corrected chi connectivity index (χ0v) is 11.3. The van der Waals surface area contributed by atoms with Crippen molar-refractivity contribution < 1.29 is 13.2 Å². The summed E-state index contributed by atoms with van der Waals surface area (Å²) < 4.78 is 37.4. The molecule has 0 aliphatic carbocycles. The molecule has 0 saturated heterocycles. The highest BCUT2D eigenvalue weighted by Crippen LogP contribution is 2.24. The van der Waals surface area contributed by atoms with Crippen molar-refractivity contribution in [2.45, 2.75) is 25.4 Å². The molecule has 7 heteroatoms. The van der Waals surface area contributed by atoms with Crippen LogP contribution in [0.15, 0.2) is 12.1 Å². The first-order valence-corrected chi connectivity index (χ1v) is 6.31. The number of anilines is 1. The van der Waals surface area contributed by atoms with Crippen LogP contribution in [-0.2, 0) is 5.88 Å². The minimum absolute atomic E-state index is 0.0681. The van der Waals surface area contributed by atoms with Crippen molar-refractivity contribution in [3.05, 3.63) is 22.8 Å². The van der Waals surface area contributed by atoms with Gasteiger partial charge in [-0.05, 0) is 18.6 Å². The molecular weight excluding hydrogens is 288 g/mol. The molecule has 0 N–H and O–H groups in total. The second-order valence-electron chi connectivity index (χ2n) is 3.77. The summed E-state index contributed by atoms with van der Waals surface area (Å²) in [5.74, 6) is 0.313. The van der Waals surface area contributed by atoms with Gasteiger partial charge in [0.1, 0.15) is 12.4 Å². The van der Waals surface area contributed by atoms with Crippen LogP contribution in [0.2, 0.25) is 5.02 Å². The molecule has 2 nitrogen and oxygen atoms in total. The molecule has 0 aliphatic rings. The van der Waals surface area contributed by atoms with E-state index >= 15 is 0 Å². The number of rotatable bonds is 5. The highest BCUT2D eigenvalue weighted by molar-refractivity contribution is 6.32. The Bertz CT molecular complexity index is 396. The van der Waals surface area contributed by atoms with Gasteiger partial charge in [0.05, 0.1) is 16.6 Å². The third-order valence-corrected chi connectivity index (χ3v) is 2.82. The Morgan fingerprint density at radius 3 is 2.50 bits per heavy atom. The summed E-state index contributed by atoms with van der Waals surface area (Å²) >= 11 is 11.5. The summed E-state index contributed by atoms with van der Waals surface area (Å²) in [6, 6.07) is 2.99. The van der Waals surface area contributed by atoms with Crippen molar-refractivity contribution in [3.63, 3.8) is 0 Å². The fourth-order valence-electron chi connectivity index (χ4n) is 1.50. The summed E-state index contributed by atoms with van der Waals surface area (Å²) in [5, 5.41) is 0.359. The van der Waals surface area contributed by atoms with Crippen LogP contribution in [0.5, 0.6) is 0 Å². The number of aromatic nitrogens is 1. The molecule has 0 fully saturated rings. The molecule has 0 amide bonds. The first-order chi connectivity index (χ1) is 8.37. The minimum Gasteiger partial charge on any atom is -0.348 e. The maximum Gasteiger partial charge on any atom is 0.405 e. The quantitative estimate of drug-likeness (QED) is 0.756. The van der Waals surface area contributed by atoms with E-state index in [0.29, 0.717) is 17.1 Å². The summed E-state index contributed by atoms with van der Waals surface area (Å²) in [4.78, 5) is 5.23. The van der Waals surface area contributed by atoms with Crippen molar-refractivity contribution in [1.82, 2.24) is 4.98 Å². The van der Waals surface area contributed by atoms with E-state index < -0.39 is 12.7 Å². The molecule has 18 heavy (non-hydrogen) atoms. The summed E-state index contributed by atoms with van der Waals surface area (Å²) in [5.41, 5.74) is 0.388. The Morgan fingerprint density at radius 1 is 1.33 bits per heavy atom. The van der Waals surface area contributed by atoms with Gasteiger partial charge in [0.15, 0.2) is 0 Å². The molecule has 0 spiro atoms. The predicted octanol–water partition coefficient (Wildman–Crippen LogP) is 4.25. The normalized spacial score (nSPS) is 11.7. The molecule has 1 aromatic heterocycles. The van der Waals surface area contributed by atoms with Crippen LogP contribution < -0.4 is 4.90 Å². The Hall–Kier alpha value is -0.680. The highest BCUT2D eigenvalue weighted by atomic mass is 35.5. The topological polar surface area (TPSA) is 16.1 Å². The number of halogens is 5. The van der Waals surface area contributed by atoms with Gasteiger partial charge in [-0.1, -0.05) is 18.5 Å². The molecule has 0 saturated carbocycles. The molecule has 1 heterocycles. The van der Waals surface area contributed by atoms with E-state index in [-0.39, 0.29) is 18.2 Å². The standard InChI is InChI=1S/C11H13Cl2F3N2/c1-2-5-18(7-11(14,15)16)10-4-3-8(13)9(6-12)17-10/h3-4H,2,5-7H2,1H3. The fourth-order valence-corrected chi connectivity index (χ4v) is 1.95. The van der Waals surface area contributed by atoms with Crippen molar-refractivity contribution in [2.24, 2.45) is 0 Å². The molecule has 1 aromatic rings. The molecule has 0 bridgehead atoms. The molecule has 0 aliphatic heterocycles. The van der Waals surface area contributed by atoms with Crippen molar-refractivity contribution in [1.29, 1.82) is 0 Å². The van der Waals surface area contributed by atoms with Crippen LogP contribution in [-0.4, -0.2) is 24.2 Å². The molecule has 102 valence electrons. The Labute approximate surface area is 114 Å². The number of hydrogen-bond donors (Lipinski definition) is 0. The van der Waals surface area contributed by atoms with Gasteiger partial charge in [-0.2, -0.15) is 13.2 Å². The summed E-state index contributed by atoms with van der Waals surface area (Å²) in [7, 11) is 0. The zero-order valence-electron chi connectivity index (χ0n) is 9.77. The minimum atomic E-state index is -4.27. The van der Waals surface area contributed by atoms with Gasteiger partial charge in [-0.15, -0.1) is 11.6 Å². The predicted molar refractivity (Wildman–Crippen MR) is 67.4 cm³/mol. The summed E-state index contributed by atoms with van der Waals surface area (Å²) in [6.07, 6.45) is -3.67. The average Bonchev–Trinajstić information content (AvgIpc) is 2.27. The Balaban J connectivity index is 2.98. The lowest BCUT2D eigenvalue weighted by molar-refractivity contribution is -0.119. The van der Waals surface area contributed by atoms with E-state index in [4.69, 9.17) is 23.2 Å². The van der Waals surface area contributed by atoms with E-state index in [0.717, 1.165) is 0 Å². The van der Waals surface area contributed by atoms with E-state index in [9.17, 15) is 13.2 Å². The van der Waals surface area contributed by atoms with Gasteiger partial charge in [-0.3, -0.25) is 0 Å². The van der Waals surface area contributed by atoms with Crippen molar-refractivity contribution >= 4 is 29.0 Å². The lowest BCUT2D eigenvalue weighted by atomic mass is 10.3. The molecule has 1 rings (SSSR count). The number of pyridine rings is 1. The van der Waals surface area contributed by atoms with E-state index in [1.54, 1.807) is 0 Å². The third-order valence-electron chi connectivity index (χ3n) is 2.22. The molecule has 0 atom stereocenters. The van der Waals surface area contributed by atoms with Crippen LogP contribution in [0.3, 0.4) is 0 Å². The number of hydrogen-bond acceptors (Lipinski definition) is 2. The van der Waals surface area contributed by atoms with E-state index in [1.165, 1.54) is 17.0 Å². The molecule has 0 unspecified atom stereocenters. The first kappa shape index (κ1) is 15.4. The second-order valence-corrected chi connectivity index (χ2v) is 4.44. The van der Waals surface area contributed by atoms with E-state index in [2.05, 4.69) is 4.98 Å². The number of alkyl halides is 4. The van der Waals surface area contributed by atoms with Gasteiger partial charge in [0, 0.05) is 6.54 Å². The zero-order chi connectivity index (χ0) is 13.8. The van der Waals surface area contributed by atoms with Gasteiger partial charge in [-0.25, -0.2) is 4.98 Å². The lowest BCUT2D eigenvalue weighted by Crippen LogP contribution is -2.35. The monoisotopic (exact) mass is 300 g/mol. The number of nitrogens with zero attached hydrogens (tertiary/aromatic N) is 2.